The third kappa shape index (κ3) is 4.61. The van der Waals surface area contributed by atoms with E-state index in [9.17, 15) is 13.2 Å². The Balaban J connectivity index is 1.52. The first kappa shape index (κ1) is 22.6. The van der Waals surface area contributed by atoms with Crippen LogP contribution < -0.4 is 14.4 Å². The number of likely N-dealkylation sites (tertiary alicyclic amines) is 1. The molecule has 1 saturated heterocycles. The number of amides is 1. The molecule has 0 atom stereocenters. The third-order valence-electron chi connectivity index (χ3n) is 6.46. The number of carbonyl (C=O) groups is 1. The maximum absolute atomic E-state index is 13.3. The van der Waals surface area contributed by atoms with E-state index in [0.29, 0.717) is 17.0 Å². The van der Waals surface area contributed by atoms with Crippen LogP contribution in [0.3, 0.4) is 0 Å². The minimum absolute atomic E-state index is 0.0743. The van der Waals surface area contributed by atoms with Crippen molar-refractivity contribution in [3.63, 3.8) is 0 Å². The summed E-state index contributed by atoms with van der Waals surface area (Å²) in [5, 5.41) is 3.12. The Bertz CT molecular complexity index is 1090. The van der Waals surface area contributed by atoms with Crippen molar-refractivity contribution < 1.29 is 17.9 Å². The number of nitrogens with one attached hydrogen (secondary N) is 1. The Hall–Kier alpha value is -2.58. The van der Waals surface area contributed by atoms with Crippen molar-refractivity contribution in [3.8, 4) is 5.75 Å². The van der Waals surface area contributed by atoms with Crippen LogP contribution >= 0.6 is 0 Å². The van der Waals surface area contributed by atoms with Crippen molar-refractivity contribution in [1.82, 2.24) is 10.2 Å². The maximum Gasteiger partial charge on any atom is 0.264 e. The van der Waals surface area contributed by atoms with E-state index in [1.54, 1.807) is 36.4 Å². The monoisotopic (exact) mass is 457 g/mol. The molecule has 32 heavy (non-hydrogen) atoms. The molecule has 4 rings (SSSR count). The zero-order valence-electron chi connectivity index (χ0n) is 18.9. The lowest BCUT2D eigenvalue weighted by molar-refractivity contribution is 0.0908. The summed E-state index contributed by atoms with van der Waals surface area (Å²) in [6, 6.07) is 12.5. The number of benzene rings is 2. The molecular weight excluding hydrogens is 426 g/mol. The summed E-state index contributed by atoms with van der Waals surface area (Å²) in [4.78, 5) is 15.6. The zero-order chi connectivity index (χ0) is 22.9. The van der Waals surface area contributed by atoms with Gasteiger partial charge in [-0.1, -0.05) is 18.2 Å². The highest BCUT2D eigenvalue weighted by Gasteiger charge is 2.32. The van der Waals surface area contributed by atoms with Gasteiger partial charge < -0.3 is 15.0 Å². The summed E-state index contributed by atoms with van der Waals surface area (Å²) in [5.41, 5.74) is 1.57. The van der Waals surface area contributed by atoms with Gasteiger partial charge in [0.15, 0.2) is 0 Å². The molecule has 8 heteroatoms. The third-order valence-corrected chi connectivity index (χ3v) is 8.23. The van der Waals surface area contributed by atoms with Crippen LogP contribution in [0.4, 0.5) is 5.69 Å². The standard InChI is InChI=1S/C24H31N3O4S/c1-17-8-11-20(32(29,30)26(2)22-6-4-5-7-23(22)31-3)16-21(17)24(28)25-18-12-14-27(15-13-18)19-9-10-19/h4-8,11,16,18-19H,9-10,12-15H2,1-3H3,(H,25,28). The van der Waals surface area contributed by atoms with E-state index in [2.05, 4.69) is 10.2 Å². The number of para-hydroxylation sites is 2. The number of methoxy groups -OCH3 is 1. The van der Waals surface area contributed by atoms with Gasteiger partial charge in [-0.25, -0.2) is 8.42 Å². The van der Waals surface area contributed by atoms with Gasteiger partial charge in [0, 0.05) is 37.8 Å². The second kappa shape index (κ2) is 9.11. The quantitative estimate of drug-likeness (QED) is 0.691. The fourth-order valence-corrected chi connectivity index (χ4v) is 5.53. The van der Waals surface area contributed by atoms with Crippen LogP contribution in [-0.2, 0) is 10.0 Å². The van der Waals surface area contributed by atoms with E-state index < -0.39 is 10.0 Å². The van der Waals surface area contributed by atoms with E-state index in [-0.39, 0.29) is 16.8 Å². The smallest absolute Gasteiger partial charge is 0.264 e. The van der Waals surface area contributed by atoms with E-state index in [1.165, 1.54) is 37.4 Å². The normalized spacial score (nSPS) is 17.7. The fraction of sp³-hybridized carbons (Fsp3) is 0.458. The van der Waals surface area contributed by atoms with Gasteiger partial charge in [0.05, 0.1) is 17.7 Å². The van der Waals surface area contributed by atoms with Crippen molar-refractivity contribution >= 4 is 21.6 Å². The topological polar surface area (TPSA) is 78.9 Å². The number of hydrogen-bond donors (Lipinski definition) is 1. The van der Waals surface area contributed by atoms with Crippen LogP contribution in [-0.4, -0.2) is 58.6 Å². The minimum Gasteiger partial charge on any atom is -0.495 e. The van der Waals surface area contributed by atoms with Crippen molar-refractivity contribution in [2.24, 2.45) is 0 Å². The number of sulfonamides is 1. The van der Waals surface area contributed by atoms with E-state index in [1.807, 2.05) is 6.92 Å². The molecule has 0 radical (unpaired) electrons. The summed E-state index contributed by atoms with van der Waals surface area (Å²) in [7, 11) is -0.884. The van der Waals surface area contributed by atoms with Crippen molar-refractivity contribution in [2.45, 2.75) is 49.6 Å². The predicted molar refractivity (Wildman–Crippen MR) is 125 cm³/mol. The first-order valence-corrected chi connectivity index (χ1v) is 12.5. The number of anilines is 1. The van der Waals surface area contributed by atoms with Gasteiger partial charge in [-0.15, -0.1) is 0 Å². The first-order chi connectivity index (χ1) is 15.3. The van der Waals surface area contributed by atoms with Gasteiger partial charge in [0.2, 0.25) is 0 Å². The second-order valence-electron chi connectivity index (χ2n) is 8.64. The molecule has 172 valence electrons. The molecule has 2 fully saturated rings. The van der Waals surface area contributed by atoms with Crippen molar-refractivity contribution in [2.75, 3.05) is 31.6 Å². The number of carbonyl (C=O) groups excluding carboxylic acids is 1. The Morgan fingerprint density at radius 2 is 1.78 bits per heavy atom. The largest absolute Gasteiger partial charge is 0.495 e. The van der Waals surface area contributed by atoms with Gasteiger partial charge in [0.1, 0.15) is 5.75 Å². The number of aryl methyl sites for hydroxylation is 1. The Morgan fingerprint density at radius 3 is 2.44 bits per heavy atom. The van der Waals surface area contributed by atoms with Crippen LogP contribution in [0, 0.1) is 6.92 Å². The van der Waals surface area contributed by atoms with Crippen LogP contribution in [0.1, 0.15) is 41.6 Å². The highest BCUT2D eigenvalue weighted by atomic mass is 32.2. The van der Waals surface area contributed by atoms with Crippen LogP contribution in [0.5, 0.6) is 5.75 Å². The average molecular weight is 458 g/mol. The number of nitrogens with zero attached hydrogens (tertiary/aromatic N) is 2. The summed E-state index contributed by atoms with van der Waals surface area (Å²) in [6.07, 6.45) is 4.44. The average Bonchev–Trinajstić information content (AvgIpc) is 3.64. The lowest BCUT2D eigenvalue weighted by Gasteiger charge is -2.32. The Kier molecular flexibility index (Phi) is 6.44. The molecule has 1 aliphatic heterocycles. The fourth-order valence-electron chi connectivity index (χ4n) is 4.30. The molecule has 1 heterocycles. The zero-order valence-corrected chi connectivity index (χ0v) is 19.7. The van der Waals surface area contributed by atoms with Gasteiger partial charge >= 0.3 is 0 Å². The Labute approximate surface area is 190 Å². The lowest BCUT2D eigenvalue weighted by atomic mass is 10.0. The van der Waals surface area contributed by atoms with Gasteiger partial charge in [0.25, 0.3) is 15.9 Å². The minimum atomic E-state index is -3.87. The van der Waals surface area contributed by atoms with Crippen LogP contribution in [0.25, 0.3) is 0 Å². The number of rotatable bonds is 7. The molecule has 2 aliphatic rings. The molecule has 1 amide bonds. The van der Waals surface area contributed by atoms with E-state index in [0.717, 1.165) is 37.5 Å². The summed E-state index contributed by atoms with van der Waals surface area (Å²) in [5.74, 6) is 0.241. The highest BCUT2D eigenvalue weighted by Crippen LogP contribution is 2.32. The molecule has 0 unspecified atom stereocenters. The van der Waals surface area contributed by atoms with Crippen LogP contribution in [0.2, 0.25) is 0 Å². The molecule has 2 aromatic carbocycles. The predicted octanol–water partition coefficient (Wildman–Crippen LogP) is 3.19. The first-order valence-electron chi connectivity index (χ1n) is 11.1. The molecule has 2 aromatic rings. The molecule has 0 bridgehead atoms. The van der Waals surface area contributed by atoms with Crippen molar-refractivity contribution in [1.29, 1.82) is 0 Å². The molecule has 1 saturated carbocycles. The maximum atomic E-state index is 13.3. The summed E-state index contributed by atoms with van der Waals surface area (Å²) < 4.78 is 33.1. The molecular formula is C24H31N3O4S. The van der Waals surface area contributed by atoms with Crippen molar-refractivity contribution in [3.05, 3.63) is 53.6 Å². The van der Waals surface area contributed by atoms with E-state index >= 15 is 0 Å². The summed E-state index contributed by atoms with van der Waals surface area (Å²) >= 11 is 0. The molecule has 1 aliphatic carbocycles. The number of ether oxygens (including phenoxy) is 1. The lowest BCUT2D eigenvalue weighted by Crippen LogP contribution is -2.45. The van der Waals surface area contributed by atoms with Crippen LogP contribution in [0.15, 0.2) is 47.4 Å². The SMILES string of the molecule is COc1ccccc1N(C)S(=O)(=O)c1ccc(C)c(C(=O)NC2CCN(C3CC3)CC2)c1. The summed E-state index contributed by atoms with van der Waals surface area (Å²) in [6.45, 7) is 3.84. The van der Waals surface area contributed by atoms with E-state index in [4.69, 9.17) is 4.74 Å². The molecule has 0 spiro atoms. The van der Waals surface area contributed by atoms with Gasteiger partial charge in [-0.05, 0) is 62.4 Å². The number of piperidine rings is 1. The highest BCUT2D eigenvalue weighted by molar-refractivity contribution is 7.92. The number of hydrogen-bond acceptors (Lipinski definition) is 5. The van der Waals surface area contributed by atoms with Gasteiger partial charge in [-0.2, -0.15) is 0 Å². The second-order valence-corrected chi connectivity index (χ2v) is 10.6. The molecule has 1 N–H and O–H groups in total. The molecule has 7 nitrogen and oxygen atoms in total. The van der Waals surface area contributed by atoms with Gasteiger partial charge in [-0.3, -0.25) is 9.10 Å². The Morgan fingerprint density at radius 1 is 1.09 bits per heavy atom. The molecule has 0 aromatic heterocycles.